The summed E-state index contributed by atoms with van der Waals surface area (Å²) in [6, 6.07) is 12.9. The molecule has 0 aliphatic rings. The van der Waals surface area contributed by atoms with E-state index >= 15 is 0 Å². The van der Waals surface area contributed by atoms with Crippen LogP contribution in [0, 0.1) is 6.92 Å². The molecule has 0 atom stereocenters. The number of rotatable bonds is 6. The highest BCUT2D eigenvalue weighted by Crippen LogP contribution is 2.16. The first kappa shape index (κ1) is 22.7. The lowest BCUT2D eigenvalue weighted by molar-refractivity contribution is 0.0695. The van der Waals surface area contributed by atoms with Gasteiger partial charge in [-0.3, -0.25) is 23.7 Å². The summed E-state index contributed by atoms with van der Waals surface area (Å²) in [5, 5.41) is 12.4. The molecule has 0 saturated heterocycles. The maximum atomic E-state index is 13.3. The van der Waals surface area contributed by atoms with Crippen molar-refractivity contribution >= 4 is 22.8 Å². The molecule has 0 saturated carbocycles. The summed E-state index contributed by atoms with van der Waals surface area (Å²) < 4.78 is 2.39. The van der Waals surface area contributed by atoms with Gasteiger partial charge in [0.15, 0.2) is 0 Å². The molecule has 1 amide bonds. The maximum absolute atomic E-state index is 13.3. The predicted molar refractivity (Wildman–Crippen MR) is 126 cm³/mol. The van der Waals surface area contributed by atoms with E-state index in [0.29, 0.717) is 23.2 Å². The molecule has 0 bridgehead atoms. The Morgan fingerprint density at radius 1 is 1.06 bits per heavy atom. The molecule has 0 aliphatic heterocycles. The summed E-state index contributed by atoms with van der Waals surface area (Å²) in [7, 11) is 1.55. The van der Waals surface area contributed by atoms with Gasteiger partial charge in [-0.15, -0.1) is 0 Å². The van der Waals surface area contributed by atoms with E-state index in [4.69, 9.17) is 0 Å². The first-order chi connectivity index (χ1) is 16.3. The van der Waals surface area contributed by atoms with Crippen LogP contribution in [-0.2, 0) is 20.1 Å². The first-order valence-electron chi connectivity index (χ1n) is 10.5. The minimum absolute atomic E-state index is 0.0904. The van der Waals surface area contributed by atoms with E-state index in [9.17, 15) is 24.3 Å². The van der Waals surface area contributed by atoms with Gasteiger partial charge in [-0.05, 0) is 60.0 Å². The van der Waals surface area contributed by atoms with E-state index in [-0.39, 0.29) is 29.0 Å². The molecule has 0 spiro atoms. The second-order valence-corrected chi connectivity index (χ2v) is 7.90. The zero-order valence-corrected chi connectivity index (χ0v) is 18.6. The SMILES string of the molecule is Cc1c(Cn2c(=O)c3cc(C(=O)NCc4ccncc4)ccc3n(C)c2=O)cccc1C(=O)O. The van der Waals surface area contributed by atoms with Gasteiger partial charge in [0.1, 0.15) is 0 Å². The molecule has 0 radical (unpaired) electrons. The number of amides is 1. The molecule has 2 N–H and O–H groups in total. The summed E-state index contributed by atoms with van der Waals surface area (Å²) in [5.74, 6) is -1.44. The molecule has 9 heteroatoms. The fraction of sp³-hybridized carbons (Fsp3) is 0.160. The Hall–Kier alpha value is -4.53. The molecule has 172 valence electrons. The number of aromatic carboxylic acids is 1. The van der Waals surface area contributed by atoms with Gasteiger partial charge in [0.25, 0.3) is 11.5 Å². The average Bonchev–Trinajstić information content (AvgIpc) is 2.84. The number of carboxylic acids is 1. The van der Waals surface area contributed by atoms with E-state index in [1.54, 1.807) is 62.8 Å². The molecular weight excluding hydrogens is 436 g/mol. The minimum Gasteiger partial charge on any atom is -0.478 e. The third-order valence-electron chi connectivity index (χ3n) is 5.82. The molecule has 2 aromatic carbocycles. The van der Waals surface area contributed by atoms with Crippen molar-refractivity contribution in [2.45, 2.75) is 20.0 Å². The molecule has 0 fully saturated rings. The molecule has 4 aromatic rings. The predicted octanol–water partition coefficient (Wildman–Crippen LogP) is 2.08. The van der Waals surface area contributed by atoms with Crippen LogP contribution in [0.2, 0.25) is 0 Å². The number of nitrogens with one attached hydrogen (secondary N) is 1. The summed E-state index contributed by atoms with van der Waals surface area (Å²) in [6.45, 7) is 1.85. The molecule has 0 aliphatic carbocycles. The van der Waals surface area contributed by atoms with Crippen LogP contribution in [0.1, 0.15) is 37.4 Å². The lowest BCUT2D eigenvalue weighted by Gasteiger charge is -2.14. The van der Waals surface area contributed by atoms with Gasteiger partial charge in [0, 0.05) is 31.5 Å². The van der Waals surface area contributed by atoms with Crippen LogP contribution < -0.4 is 16.6 Å². The number of carbonyl (C=O) groups excluding carboxylic acids is 1. The van der Waals surface area contributed by atoms with Crippen molar-refractivity contribution in [3.63, 3.8) is 0 Å². The van der Waals surface area contributed by atoms with Gasteiger partial charge in [-0.2, -0.15) is 0 Å². The Bertz CT molecular complexity index is 1540. The number of hydrogen-bond acceptors (Lipinski definition) is 5. The number of aryl methyl sites for hydroxylation is 1. The molecule has 2 heterocycles. The van der Waals surface area contributed by atoms with Crippen molar-refractivity contribution in [2.75, 3.05) is 0 Å². The molecule has 2 aromatic heterocycles. The molecular formula is C25H22N4O5. The first-order valence-corrected chi connectivity index (χ1v) is 10.5. The highest BCUT2D eigenvalue weighted by Gasteiger charge is 2.16. The minimum atomic E-state index is -1.08. The fourth-order valence-electron chi connectivity index (χ4n) is 3.84. The zero-order valence-electron chi connectivity index (χ0n) is 18.6. The van der Waals surface area contributed by atoms with E-state index in [0.717, 1.165) is 10.1 Å². The van der Waals surface area contributed by atoms with E-state index < -0.39 is 17.2 Å². The number of nitrogens with zero attached hydrogens (tertiary/aromatic N) is 3. The van der Waals surface area contributed by atoms with Gasteiger partial charge in [0.05, 0.1) is 23.0 Å². The van der Waals surface area contributed by atoms with Gasteiger partial charge >= 0.3 is 11.7 Å². The summed E-state index contributed by atoms with van der Waals surface area (Å²) in [4.78, 5) is 54.3. The largest absolute Gasteiger partial charge is 0.478 e. The van der Waals surface area contributed by atoms with Crippen molar-refractivity contribution in [3.05, 3.63) is 110 Å². The van der Waals surface area contributed by atoms with Crippen LogP contribution in [-0.4, -0.2) is 31.1 Å². The van der Waals surface area contributed by atoms with Crippen molar-refractivity contribution in [3.8, 4) is 0 Å². The van der Waals surface area contributed by atoms with Crippen LogP contribution in [0.25, 0.3) is 10.9 Å². The number of carboxylic acid groups (broad SMARTS) is 1. The van der Waals surface area contributed by atoms with E-state index in [2.05, 4.69) is 10.3 Å². The topological polar surface area (TPSA) is 123 Å². The van der Waals surface area contributed by atoms with Crippen LogP contribution in [0.5, 0.6) is 0 Å². The standard InChI is InChI=1S/C25H22N4O5/c1-15-18(4-3-5-19(15)24(32)33)14-29-23(31)20-12-17(6-7-21(20)28(2)25(29)34)22(30)27-13-16-8-10-26-11-9-16/h3-12H,13-14H2,1-2H3,(H,27,30)(H,32,33). The molecule has 0 unspecified atom stereocenters. The number of aromatic nitrogens is 3. The van der Waals surface area contributed by atoms with Crippen LogP contribution in [0.15, 0.2) is 70.5 Å². The molecule has 9 nitrogen and oxygen atoms in total. The lowest BCUT2D eigenvalue weighted by atomic mass is 10.0. The normalized spacial score (nSPS) is 10.9. The van der Waals surface area contributed by atoms with Gasteiger partial charge < -0.3 is 10.4 Å². The van der Waals surface area contributed by atoms with Crippen molar-refractivity contribution in [2.24, 2.45) is 7.05 Å². The summed E-state index contributed by atoms with van der Waals surface area (Å²) in [5.41, 5.74) is 1.61. The number of pyridine rings is 1. The Labute approximate surface area is 193 Å². The third-order valence-corrected chi connectivity index (χ3v) is 5.82. The Balaban J connectivity index is 1.73. The quantitative estimate of drug-likeness (QED) is 0.456. The van der Waals surface area contributed by atoms with Crippen molar-refractivity contribution < 1.29 is 14.7 Å². The Kier molecular flexibility index (Phi) is 6.09. The average molecular weight is 458 g/mol. The summed E-state index contributed by atoms with van der Waals surface area (Å²) >= 11 is 0. The van der Waals surface area contributed by atoms with E-state index in [1.807, 2.05) is 0 Å². The number of carbonyl (C=O) groups is 2. The Morgan fingerprint density at radius 2 is 1.79 bits per heavy atom. The summed E-state index contributed by atoms with van der Waals surface area (Å²) in [6.07, 6.45) is 3.27. The smallest absolute Gasteiger partial charge is 0.335 e. The van der Waals surface area contributed by atoms with Crippen molar-refractivity contribution in [1.29, 1.82) is 0 Å². The van der Waals surface area contributed by atoms with Gasteiger partial charge in [-0.25, -0.2) is 9.59 Å². The number of fused-ring (bicyclic) bond motifs is 1. The lowest BCUT2D eigenvalue weighted by Crippen LogP contribution is -2.39. The van der Waals surface area contributed by atoms with Gasteiger partial charge in [-0.1, -0.05) is 12.1 Å². The molecule has 4 rings (SSSR count). The zero-order chi connectivity index (χ0) is 24.4. The maximum Gasteiger partial charge on any atom is 0.335 e. The number of hydrogen-bond donors (Lipinski definition) is 2. The fourth-order valence-corrected chi connectivity index (χ4v) is 3.84. The Morgan fingerprint density at radius 3 is 2.50 bits per heavy atom. The van der Waals surface area contributed by atoms with E-state index in [1.165, 1.54) is 16.7 Å². The number of benzene rings is 2. The highest BCUT2D eigenvalue weighted by molar-refractivity contribution is 5.97. The molecule has 34 heavy (non-hydrogen) atoms. The second kappa shape index (κ2) is 9.14. The monoisotopic (exact) mass is 458 g/mol. The van der Waals surface area contributed by atoms with Crippen LogP contribution in [0.4, 0.5) is 0 Å². The highest BCUT2D eigenvalue weighted by atomic mass is 16.4. The van der Waals surface area contributed by atoms with Crippen molar-refractivity contribution in [1.82, 2.24) is 19.4 Å². The van der Waals surface area contributed by atoms with Crippen LogP contribution >= 0.6 is 0 Å². The van der Waals surface area contributed by atoms with Crippen LogP contribution in [0.3, 0.4) is 0 Å². The van der Waals surface area contributed by atoms with Gasteiger partial charge in [0.2, 0.25) is 0 Å². The third kappa shape index (κ3) is 4.23. The second-order valence-electron chi connectivity index (χ2n) is 7.90.